The van der Waals surface area contributed by atoms with Gasteiger partial charge in [0.2, 0.25) is 0 Å². The number of azo groups is 1. The van der Waals surface area contributed by atoms with Gasteiger partial charge in [-0.25, -0.2) is 0 Å². The highest BCUT2D eigenvalue weighted by atomic mass is 28.3. The summed E-state index contributed by atoms with van der Waals surface area (Å²) in [4.78, 5) is 21.9. The lowest BCUT2D eigenvalue weighted by molar-refractivity contribution is -1.00. The summed E-state index contributed by atoms with van der Waals surface area (Å²) < 4.78 is 0. The zero-order valence-corrected chi connectivity index (χ0v) is 16.4. The molecule has 24 heavy (non-hydrogen) atoms. The predicted molar refractivity (Wildman–Crippen MR) is 90.6 cm³/mol. The minimum Gasteiger partial charge on any atom is -0.567 e. The van der Waals surface area contributed by atoms with Gasteiger partial charge >= 0.3 is 0 Å². The van der Waals surface area contributed by atoms with Gasteiger partial charge < -0.3 is 10.4 Å². The molecule has 2 heterocycles. The van der Waals surface area contributed by atoms with Gasteiger partial charge in [0.05, 0.1) is 16.1 Å². The average Bonchev–Trinajstić information content (AvgIpc) is 2.93. The van der Waals surface area contributed by atoms with Crippen molar-refractivity contribution in [2.45, 2.75) is 74.5 Å². The molecule has 0 aliphatic carbocycles. The van der Waals surface area contributed by atoms with Gasteiger partial charge in [0.1, 0.15) is 0 Å². The van der Waals surface area contributed by atoms with Gasteiger partial charge in [-0.15, -0.1) is 0 Å². The summed E-state index contributed by atoms with van der Waals surface area (Å²) in [6.45, 7) is 7.83. The Morgan fingerprint density at radius 2 is 0.875 bits per heavy atom. The second kappa shape index (κ2) is 6.06. The van der Waals surface area contributed by atoms with E-state index in [1.165, 1.54) is 0 Å². The third kappa shape index (κ3) is 3.58. The lowest BCUT2D eigenvalue weighted by Crippen LogP contribution is -2.44. The standard InChI is InChI=1S/C12H24N4O6Si2/c1-23(2)5-9(11(7-23)15(19)20)13(17)14(18)10-6-24(3,4)8-12(10)16(21)22/h9-12H,5-8H2,1-4H3/b14-13+/t9-,10+,11-,12-/m0/s1. The minimum absolute atomic E-state index is 0.145. The van der Waals surface area contributed by atoms with Crippen molar-refractivity contribution in [1.29, 1.82) is 0 Å². The predicted octanol–water partition coefficient (Wildman–Crippen LogP) is 1.93. The van der Waals surface area contributed by atoms with E-state index in [4.69, 9.17) is 0 Å². The molecule has 4 atom stereocenters. The highest BCUT2D eigenvalue weighted by molar-refractivity contribution is 6.78. The van der Waals surface area contributed by atoms with Gasteiger partial charge in [0.15, 0.2) is 0 Å². The highest BCUT2D eigenvalue weighted by Gasteiger charge is 2.59. The number of rotatable bonds is 4. The van der Waals surface area contributed by atoms with Crippen LogP contribution in [0.15, 0.2) is 0 Å². The Morgan fingerprint density at radius 3 is 1.12 bits per heavy atom. The largest absolute Gasteiger partial charge is 0.567 e. The van der Waals surface area contributed by atoms with E-state index in [9.17, 15) is 30.6 Å². The van der Waals surface area contributed by atoms with E-state index in [2.05, 4.69) is 0 Å². The Labute approximate surface area is 141 Å². The van der Waals surface area contributed by atoms with Crippen LogP contribution in [0, 0.1) is 30.6 Å². The fourth-order valence-electron chi connectivity index (χ4n) is 4.15. The van der Waals surface area contributed by atoms with Crippen LogP contribution < -0.4 is 0 Å². The van der Waals surface area contributed by atoms with E-state index in [0.717, 1.165) is 0 Å². The summed E-state index contributed by atoms with van der Waals surface area (Å²) in [5.74, 6) is 0. The maximum absolute atomic E-state index is 12.6. The van der Waals surface area contributed by atoms with Crippen LogP contribution in [0.5, 0.6) is 0 Å². The summed E-state index contributed by atoms with van der Waals surface area (Å²) in [5, 5.41) is 47.6. The molecule has 2 aliphatic rings. The van der Waals surface area contributed by atoms with Gasteiger partial charge in [0.25, 0.3) is 24.2 Å². The minimum atomic E-state index is -1.92. The topological polar surface area (TPSA) is 138 Å². The Kier molecular flexibility index (Phi) is 4.74. The quantitative estimate of drug-likeness (QED) is 0.241. The number of hydroxylamine groups is 2. The third-order valence-electron chi connectivity index (χ3n) is 5.24. The van der Waals surface area contributed by atoms with Crippen molar-refractivity contribution < 1.29 is 19.6 Å². The molecule has 136 valence electrons. The number of nitrogens with zero attached hydrogens (tertiary/aromatic N) is 4. The summed E-state index contributed by atoms with van der Waals surface area (Å²) in [7, 11) is -3.84. The molecule has 2 saturated heterocycles. The molecular formula is C12H24N4O6Si2. The van der Waals surface area contributed by atoms with Crippen molar-refractivity contribution in [1.82, 2.24) is 0 Å². The van der Waals surface area contributed by atoms with Crippen molar-refractivity contribution in [3.63, 3.8) is 0 Å². The molecule has 0 amide bonds. The number of nitro groups is 2. The molecule has 12 heteroatoms. The zero-order chi connectivity index (χ0) is 18.4. The molecule has 2 fully saturated rings. The normalized spacial score (nSPS) is 35.5. The van der Waals surface area contributed by atoms with E-state index < -0.39 is 50.2 Å². The van der Waals surface area contributed by atoms with Crippen LogP contribution in [-0.2, 0) is 0 Å². The van der Waals surface area contributed by atoms with Crippen LogP contribution in [0.2, 0.25) is 50.4 Å². The lowest BCUT2D eigenvalue weighted by Gasteiger charge is -2.16. The van der Waals surface area contributed by atoms with Gasteiger partial charge in [0, 0.05) is 43.7 Å². The Hall–Kier alpha value is -1.57. The van der Waals surface area contributed by atoms with E-state index >= 15 is 0 Å². The maximum Gasteiger partial charge on any atom is 0.292 e. The first-order valence-corrected chi connectivity index (χ1v) is 14.9. The van der Waals surface area contributed by atoms with E-state index in [1.54, 1.807) is 0 Å². The van der Waals surface area contributed by atoms with Crippen LogP contribution in [0.1, 0.15) is 0 Å². The van der Waals surface area contributed by atoms with Crippen molar-refractivity contribution in [2.75, 3.05) is 0 Å². The molecule has 0 aromatic rings. The van der Waals surface area contributed by atoms with Gasteiger partial charge in [-0.05, 0) is 0 Å². The maximum atomic E-state index is 12.6. The van der Waals surface area contributed by atoms with Crippen LogP contribution in [0.25, 0.3) is 0 Å². The van der Waals surface area contributed by atoms with E-state index in [1.807, 2.05) is 26.2 Å². The fourth-order valence-corrected chi connectivity index (χ4v) is 10.7. The molecule has 0 spiro atoms. The van der Waals surface area contributed by atoms with Crippen molar-refractivity contribution in [3.8, 4) is 0 Å². The molecule has 0 radical (unpaired) electrons. The lowest BCUT2D eigenvalue weighted by atomic mass is 10.2. The van der Waals surface area contributed by atoms with Crippen LogP contribution >= 0.6 is 0 Å². The number of hydrogen-bond acceptors (Lipinski definition) is 6. The Bertz CT molecular complexity index is 546. The summed E-state index contributed by atoms with van der Waals surface area (Å²) >= 11 is 0. The highest BCUT2D eigenvalue weighted by Crippen LogP contribution is 2.36. The average molecular weight is 377 g/mol. The van der Waals surface area contributed by atoms with Crippen molar-refractivity contribution in [3.05, 3.63) is 30.6 Å². The third-order valence-corrected chi connectivity index (χ3v) is 11.3. The molecule has 0 aromatic heterocycles. The SMILES string of the molecule is C[Si]1(C)C[C@@H](/[N+]([O-])=[N+](\[O-])[C@H]2C[Si](C)(C)C[C@@H]2[N+](=O)[O-])[C@@H]([N+](=O)[O-])C1. The summed E-state index contributed by atoms with van der Waals surface area (Å²) in [6, 6.07) is -2.76. The first-order chi connectivity index (χ1) is 10.8. The Morgan fingerprint density at radius 1 is 0.625 bits per heavy atom. The van der Waals surface area contributed by atoms with Crippen molar-refractivity contribution >= 4 is 16.1 Å². The van der Waals surface area contributed by atoms with E-state index in [0.29, 0.717) is 24.2 Å². The molecule has 2 rings (SSSR count). The monoisotopic (exact) mass is 376 g/mol. The Balaban J connectivity index is 2.35. The first-order valence-electron chi connectivity index (χ1n) is 8.04. The van der Waals surface area contributed by atoms with E-state index in [-0.39, 0.29) is 9.72 Å². The van der Waals surface area contributed by atoms with Gasteiger partial charge in [-0.1, -0.05) is 26.2 Å². The molecule has 0 unspecified atom stereocenters. The second-order valence-corrected chi connectivity index (χ2v) is 18.9. The van der Waals surface area contributed by atoms with Crippen LogP contribution in [-0.4, -0.2) is 59.9 Å². The molecular weight excluding hydrogens is 352 g/mol. The zero-order valence-electron chi connectivity index (χ0n) is 14.4. The first kappa shape index (κ1) is 18.8. The van der Waals surface area contributed by atoms with Gasteiger partial charge in [-0.2, -0.15) is 0 Å². The molecule has 0 N–H and O–H groups in total. The summed E-state index contributed by atoms with van der Waals surface area (Å²) in [6.07, 6.45) is 0. The molecule has 2 aliphatic heterocycles. The number of hydrogen-bond donors (Lipinski definition) is 0. The fraction of sp³-hybridized carbons (Fsp3) is 1.00. The van der Waals surface area contributed by atoms with Crippen molar-refractivity contribution in [2.24, 2.45) is 0 Å². The van der Waals surface area contributed by atoms with Gasteiger partial charge in [-0.3, -0.25) is 20.2 Å². The van der Waals surface area contributed by atoms with Crippen LogP contribution in [0.4, 0.5) is 0 Å². The molecule has 0 aromatic carbocycles. The molecule has 0 saturated carbocycles. The smallest absolute Gasteiger partial charge is 0.292 e. The molecule has 10 nitrogen and oxygen atoms in total. The second-order valence-electron chi connectivity index (χ2n) is 8.59. The van der Waals surface area contributed by atoms with Crippen LogP contribution in [0.3, 0.4) is 0 Å². The molecule has 0 bridgehead atoms. The summed E-state index contributed by atoms with van der Waals surface area (Å²) in [5.41, 5.74) is 0.